The van der Waals surface area contributed by atoms with Crippen LogP contribution in [0.15, 0.2) is 30.3 Å². The lowest BCUT2D eigenvalue weighted by molar-refractivity contribution is 0.142. The van der Waals surface area contributed by atoms with Crippen molar-refractivity contribution in [3.8, 4) is 28.4 Å². The first-order valence-corrected chi connectivity index (χ1v) is 8.16. The van der Waals surface area contributed by atoms with Crippen LogP contribution in [0.5, 0.6) is 17.2 Å². The monoisotopic (exact) mass is 346 g/mol. The molecule has 2 aromatic carbocycles. The molecule has 1 heterocycles. The number of methoxy groups -OCH3 is 2. The second-order valence-electron chi connectivity index (χ2n) is 6.03. The molecule has 134 valence electrons. The second kappa shape index (κ2) is 7.29. The molecule has 2 aromatic rings. The summed E-state index contributed by atoms with van der Waals surface area (Å²) < 4.78 is 31.3. The largest absolute Gasteiger partial charge is 0.493 e. The molecule has 0 aromatic heterocycles. The van der Waals surface area contributed by atoms with Crippen LogP contribution in [-0.4, -0.2) is 46.0 Å². The van der Waals surface area contributed by atoms with Gasteiger partial charge < -0.3 is 14.2 Å². The number of nitrogens with one attached hydrogen (secondary N) is 1. The summed E-state index contributed by atoms with van der Waals surface area (Å²) in [5.41, 5.74) is 5.35. The highest BCUT2D eigenvalue weighted by atomic mass is 19.1. The third-order valence-electron chi connectivity index (χ3n) is 4.42. The van der Waals surface area contributed by atoms with Gasteiger partial charge in [0.05, 0.1) is 20.8 Å². The van der Waals surface area contributed by atoms with Crippen molar-refractivity contribution < 1.29 is 18.6 Å². The van der Waals surface area contributed by atoms with Gasteiger partial charge in [0.15, 0.2) is 11.5 Å². The highest BCUT2D eigenvalue weighted by Crippen LogP contribution is 2.45. The van der Waals surface area contributed by atoms with E-state index in [1.165, 1.54) is 6.07 Å². The highest BCUT2D eigenvalue weighted by molar-refractivity contribution is 5.80. The third-order valence-corrected chi connectivity index (χ3v) is 4.42. The van der Waals surface area contributed by atoms with E-state index in [-0.39, 0.29) is 11.9 Å². The Morgan fingerprint density at radius 1 is 1.24 bits per heavy atom. The van der Waals surface area contributed by atoms with E-state index in [9.17, 15) is 4.39 Å². The molecule has 25 heavy (non-hydrogen) atoms. The van der Waals surface area contributed by atoms with Gasteiger partial charge in [0, 0.05) is 30.2 Å². The third kappa shape index (κ3) is 3.41. The zero-order chi connectivity index (χ0) is 18.0. The summed E-state index contributed by atoms with van der Waals surface area (Å²) in [6, 6.07) is 8.58. The average molecular weight is 346 g/mol. The van der Waals surface area contributed by atoms with E-state index in [1.54, 1.807) is 20.3 Å². The molecule has 5 nitrogen and oxygen atoms in total. The Morgan fingerprint density at radius 2 is 2.04 bits per heavy atom. The molecule has 0 radical (unpaired) electrons. The molecule has 3 rings (SSSR count). The normalized spacial score (nSPS) is 15.8. The Balaban J connectivity index is 2.04. The molecule has 0 saturated heterocycles. The molecule has 0 fully saturated rings. The Bertz CT molecular complexity index is 767. The molecule has 6 heteroatoms. The van der Waals surface area contributed by atoms with Gasteiger partial charge in [-0.1, -0.05) is 12.1 Å². The van der Waals surface area contributed by atoms with Gasteiger partial charge in [0.25, 0.3) is 0 Å². The van der Waals surface area contributed by atoms with Crippen LogP contribution < -0.4 is 19.6 Å². The minimum atomic E-state index is -0.287. The van der Waals surface area contributed by atoms with Crippen molar-refractivity contribution in [3.05, 3.63) is 41.7 Å². The Kier molecular flexibility index (Phi) is 5.11. The lowest BCUT2D eigenvalue weighted by atomic mass is 9.99. The maximum atomic E-state index is 14.2. The summed E-state index contributed by atoms with van der Waals surface area (Å²) in [5, 5.41) is 1.94. The van der Waals surface area contributed by atoms with Crippen molar-refractivity contribution in [2.24, 2.45) is 0 Å². The molecule has 1 N–H and O–H groups in total. The van der Waals surface area contributed by atoms with E-state index in [1.807, 2.05) is 37.3 Å². The molecule has 1 aliphatic rings. The SMILES string of the molecule is CNN(C)CC1Cc2cc(F)cc(-c3cccc(OC)c3OC)c2O1. The molecule has 1 unspecified atom stereocenters. The number of benzene rings is 2. The van der Waals surface area contributed by atoms with Crippen molar-refractivity contribution in [2.75, 3.05) is 34.9 Å². The molecule has 0 spiro atoms. The summed E-state index contributed by atoms with van der Waals surface area (Å²) in [7, 11) is 6.96. The maximum Gasteiger partial charge on any atom is 0.168 e. The van der Waals surface area contributed by atoms with Gasteiger partial charge >= 0.3 is 0 Å². The lowest BCUT2D eigenvalue weighted by Crippen LogP contribution is -2.39. The highest BCUT2D eigenvalue weighted by Gasteiger charge is 2.29. The number of rotatable bonds is 6. The fourth-order valence-corrected chi connectivity index (χ4v) is 3.19. The van der Waals surface area contributed by atoms with Crippen LogP contribution >= 0.6 is 0 Å². The van der Waals surface area contributed by atoms with Gasteiger partial charge in [-0.25, -0.2) is 9.40 Å². The van der Waals surface area contributed by atoms with Gasteiger partial charge in [-0.15, -0.1) is 0 Å². The number of fused-ring (bicyclic) bond motifs is 1. The quantitative estimate of drug-likeness (QED) is 0.815. The van der Waals surface area contributed by atoms with E-state index in [4.69, 9.17) is 14.2 Å². The summed E-state index contributed by atoms with van der Waals surface area (Å²) >= 11 is 0. The number of ether oxygens (including phenoxy) is 3. The van der Waals surface area contributed by atoms with E-state index < -0.39 is 0 Å². The van der Waals surface area contributed by atoms with Crippen molar-refractivity contribution in [2.45, 2.75) is 12.5 Å². The van der Waals surface area contributed by atoms with Crippen molar-refractivity contribution in [1.82, 2.24) is 10.4 Å². The molecule has 0 bridgehead atoms. The Labute approximate surface area is 147 Å². The number of likely N-dealkylation sites (N-methyl/N-ethyl adjacent to an activating group) is 1. The van der Waals surface area contributed by atoms with Crippen LogP contribution in [0.25, 0.3) is 11.1 Å². The summed E-state index contributed by atoms with van der Waals surface area (Å²) in [6.45, 7) is 0.696. The topological polar surface area (TPSA) is 43.0 Å². The van der Waals surface area contributed by atoms with Gasteiger partial charge in [0.2, 0.25) is 0 Å². The van der Waals surface area contributed by atoms with Gasteiger partial charge in [-0.3, -0.25) is 5.43 Å². The molecule has 0 aliphatic carbocycles. The van der Waals surface area contributed by atoms with Gasteiger partial charge in [-0.2, -0.15) is 0 Å². The first-order chi connectivity index (χ1) is 12.1. The Morgan fingerprint density at radius 3 is 2.72 bits per heavy atom. The van der Waals surface area contributed by atoms with Crippen molar-refractivity contribution >= 4 is 0 Å². The van der Waals surface area contributed by atoms with Crippen LogP contribution in [0.2, 0.25) is 0 Å². The van der Waals surface area contributed by atoms with E-state index in [0.717, 1.165) is 11.1 Å². The van der Waals surface area contributed by atoms with Crippen LogP contribution in [-0.2, 0) is 6.42 Å². The van der Waals surface area contributed by atoms with Crippen LogP contribution in [0.4, 0.5) is 4.39 Å². The molecule has 1 aliphatic heterocycles. The fourth-order valence-electron chi connectivity index (χ4n) is 3.19. The van der Waals surface area contributed by atoms with Crippen LogP contribution in [0, 0.1) is 5.82 Å². The maximum absolute atomic E-state index is 14.2. The van der Waals surface area contributed by atoms with Gasteiger partial charge in [-0.05, 0) is 25.2 Å². The molecule has 1 atom stereocenters. The number of nitrogens with zero attached hydrogens (tertiary/aromatic N) is 1. The first-order valence-electron chi connectivity index (χ1n) is 8.16. The van der Waals surface area contributed by atoms with Crippen molar-refractivity contribution in [1.29, 1.82) is 0 Å². The first kappa shape index (κ1) is 17.5. The fraction of sp³-hybridized carbons (Fsp3) is 0.368. The van der Waals surface area contributed by atoms with E-state index in [2.05, 4.69) is 5.43 Å². The summed E-state index contributed by atoms with van der Waals surface area (Å²) in [4.78, 5) is 0. The molecule has 0 saturated carbocycles. The minimum absolute atomic E-state index is 0.0374. The predicted molar refractivity (Wildman–Crippen MR) is 94.7 cm³/mol. The number of hydrogen-bond acceptors (Lipinski definition) is 5. The molecular weight excluding hydrogens is 323 g/mol. The zero-order valence-corrected chi connectivity index (χ0v) is 14.9. The standard InChI is InChI=1S/C19H23FN2O3/c1-21-22(2)11-14-9-12-8-13(20)10-16(18(12)25-14)15-6-5-7-17(23-3)19(15)24-4/h5-8,10,14,21H,9,11H2,1-4H3. The number of hydrazine groups is 1. The minimum Gasteiger partial charge on any atom is -0.493 e. The smallest absolute Gasteiger partial charge is 0.168 e. The van der Waals surface area contributed by atoms with Crippen LogP contribution in [0.3, 0.4) is 0 Å². The zero-order valence-electron chi connectivity index (χ0n) is 14.9. The average Bonchev–Trinajstić information content (AvgIpc) is 3.01. The molecular formula is C19H23FN2O3. The van der Waals surface area contributed by atoms with Crippen molar-refractivity contribution in [3.63, 3.8) is 0 Å². The summed E-state index contributed by atoms with van der Waals surface area (Å²) in [5.74, 6) is 1.59. The van der Waals surface area contributed by atoms with E-state index >= 15 is 0 Å². The Hall–Kier alpha value is -2.31. The number of hydrogen-bond donors (Lipinski definition) is 1. The molecule has 0 amide bonds. The second-order valence-corrected chi connectivity index (χ2v) is 6.03. The summed E-state index contributed by atoms with van der Waals surface area (Å²) in [6.07, 6.45) is 0.628. The predicted octanol–water partition coefficient (Wildman–Crippen LogP) is 2.88. The van der Waals surface area contributed by atoms with E-state index in [0.29, 0.717) is 35.8 Å². The number of halogens is 1. The van der Waals surface area contributed by atoms with Crippen LogP contribution in [0.1, 0.15) is 5.56 Å². The van der Waals surface area contributed by atoms with Gasteiger partial charge in [0.1, 0.15) is 17.7 Å². The number of para-hydroxylation sites is 1. The lowest BCUT2D eigenvalue weighted by Gasteiger charge is -2.20.